The zero-order valence-electron chi connectivity index (χ0n) is 10.4. The van der Waals surface area contributed by atoms with Crippen molar-refractivity contribution in [2.24, 2.45) is 11.7 Å². The third kappa shape index (κ3) is 11.2. The number of hydrogen-bond acceptors (Lipinski definition) is 2. The fourth-order valence-corrected chi connectivity index (χ4v) is 0.595. The fraction of sp³-hybridized carbons (Fsp3) is 0.667. The number of rotatable bonds is 1. The molecule has 0 atom stereocenters. The minimum Gasteiger partial charge on any atom is -0.465 e. The molecule has 0 unspecified atom stereocenters. The molecule has 0 aliphatic carbocycles. The smallest absolute Gasteiger partial charge is 0.117 e. The third-order valence-electron chi connectivity index (χ3n) is 0.997. The van der Waals surface area contributed by atoms with Crippen molar-refractivity contribution in [2.75, 3.05) is 0 Å². The summed E-state index contributed by atoms with van der Waals surface area (Å²) in [6.45, 7) is 12.9. The van der Waals surface area contributed by atoms with Crippen LogP contribution in [0.1, 0.15) is 46.1 Å². The molecule has 0 bridgehead atoms. The average Bonchev–Trinajstić information content (AvgIpc) is 2.54. The summed E-state index contributed by atoms with van der Waals surface area (Å²) in [5, 5.41) is 0. The summed E-state index contributed by atoms with van der Waals surface area (Å²) in [6, 6.07) is 3.79. The zero-order chi connectivity index (χ0) is 11.6. The molecule has 0 aliphatic heterocycles. The van der Waals surface area contributed by atoms with Gasteiger partial charge in [-0.15, -0.1) is 0 Å². The van der Waals surface area contributed by atoms with Gasteiger partial charge in [-0.05, 0) is 25.0 Å². The second kappa shape index (κ2) is 10.3. The Morgan fingerprint density at radius 3 is 1.79 bits per heavy atom. The van der Waals surface area contributed by atoms with E-state index in [9.17, 15) is 0 Å². The van der Waals surface area contributed by atoms with E-state index in [1.807, 2.05) is 32.9 Å². The fourth-order valence-electron chi connectivity index (χ4n) is 0.595. The largest absolute Gasteiger partial charge is 0.465 e. The molecular formula is C12H25NO. The molecule has 84 valence electrons. The first-order valence-corrected chi connectivity index (χ1v) is 5.31. The van der Waals surface area contributed by atoms with Crippen molar-refractivity contribution >= 4 is 0 Å². The molecule has 0 aliphatic rings. The summed E-state index contributed by atoms with van der Waals surface area (Å²) in [5.41, 5.74) is 5.27. The van der Waals surface area contributed by atoms with Crippen LogP contribution in [0.2, 0.25) is 0 Å². The summed E-state index contributed by atoms with van der Waals surface area (Å²) in [6.07, 6.45) is 0. The van der Waals surface area contributed by atoms with Crippen molar-refractivity contribution in [1.82, 2.24) is 0 Å². The van der Waals surface area contributed by atoms with Gasteiger partial charge in [0.2, 0.25) is 0 Å². The number of nitrogens with two attached hydrogens (primary N) is 1. The highest BCUT2D eigenvalue weighted by Gasteiger charge is 1.91. The molecule has 0 spiro atoms. The van der Waals surface area contributed by atoms with Crippen LogP contribution in [0.4, 0.5) is 0 Å². The maximum atomic E-state index is 5.27. The van der Waals surface area contributed by atoms with Gasteiger partial charge in [0.05, 0.1) is 6.54 Å². The van der Waals surface area contributed by atoms with Crippen LogP contribution in [-0.2, 0) is 6.54 Å². The lowest BCUT2D eigenvalue weighted by Crippen LogP contribution is -1.92. The molecule has 1 rings (SSSR count). The van der Waals surface area contributed by atoms with Crippen LogP contribution in [0.3, 0.4) is 0 Å². The Hall–Kier alpha value is -0.760. The van der Waals surface area contributed by atoms with Gasteiger partial charge in [0.25, 0.3) is 0 Å². The van der Waals surface area contributed by atoms with E-state index in [1.54, 1.807) is 0 Å². The molecule has 0 saturated carbocycles. The molecule has 1 aromatic rings. The van der Waals surface area contributed by atoms with Gasteiger partial charge in [-0.1, -0.05) is 34.6 Å². The molecular weight excluding hydrogens is 174 g/mol. The van der Waals surface area contributed by atoms with Gasteiger partial charge in [0.1, 0.15) is 11.5 Å². The lowest BCUT2D eigenvalue weighted by molar-refractivity contribution is 0.485. The van der Waals surface area contributed by atoms with E-state index in [0.717, 1.165) is 17.4 Å². The Labute approximate surface area is 88.5 Å². The molecule has 0 fully saturated rings. The predicted molar refractivity (Wildman–Crippen MR) is 63.2 cm³/mol. The van der Waals surface area contributed by atoms with Crippen LogP contribution in [0.15, 0.2) is 16.5 Å². The number of furan rings is 1. The van der Waals surface area contributed by atoms with Gasteiger partial charge in [0, 0.05) is 0 Å². The van der Waals surface area contributed by atoms with E-state index >= 15 is 0 Å². The maximum absolute atomic E-state index is 5.27. The first-order chi connectivity index (χ1) is 6.56. The highest BCUT2D eigenvalue weighted by Crippen LogP contribution is 2.03. The van der Waals surface area contributed by atoms with E-state index in [4.69, 9.17) is 10.2 Å². The van der Waals surface area contributed by atoms with E-state index in [-0.39, 0.29) is 0 Å². The highest BCUT2D eigenvalue weighted by atomic mass is 16.3. The molecule has 2 heteroatoms. The van der Waals surface area contributed by atoms with Gasteiger partial charge in [0.15, 0.2) is 0 Å². The Kier molecular flexibility index (Phi) is 11.6. The Balaban J connectivity index is 0. The SMILES string of the molecule is CC.CC(C)C.Cc1ccc(CN)o1. The van der Waals surface area contributed by atoms with Crippen LogP contribution < -0.4 is 5.73 Å². The normalized spacial score (nSPS) is 8.57. The molecule has 0 saturated heterocycles. The molecule has 0 radical (unpaired) electrons. The van der Waals surface area contributed by atoms with E-state index in [2.05, 4.69) is 20.8 Å². The Bertz CT molecular complexity index is 201. The van der Waals surface area contributed by atoms with Crippen molar-refractivity contribution < 1.29 is 4.42 Å². The molecule has 14 heavy (non-hydrogen) atoms. The first kappa shape index (κ1) is 15.7. The van der Waals surface area contributed by atoms with Crippen molar-refractivity contribution in [3.05, 3.63) is 23.7 Å². The topological polar surface area (TPSA) is 39.2 Å². The third-order valence-corrected chi connectivity index (χ3v) is 0.997. The van der Waals surface area contributed by atoms with Gasteiger partial charge < -0.3 is 10.2 Å². The van der Waals surface area contributed by atoms with Crippen LogP contribution in [0, 0.1) is 12.8 Å². The standard InChI is InChI=1S/C6H9NO.C4H10.C2H6/c1-5-2-3-6(4-7)8-5;1-4(2)3;1-2/h2-3H,4,7H2,1H3;4H,1-3H3;1-2H3. The van der Waals surface area contributed by atoms with Gasteiger partial charge in [-0.25, -0.2) is 0 Å². The van der Waals surface area contributed by atoms with Crippen LogP contribution in [0.25, 0.3) is 0 Å². The van der Waals surface area contributed by atoms with Crippen molar-refractivity contribution in [2.45, 2.75) is 48.1 Å². The highest BCUT2D eigenvalue weighted by molar-refractivity contribution is 5.04. The van der Waals surface area contributed by atoms with E-state index in [0.29, 0.717) is 6.54 Å². The summed E-state index contributed by atoms with van der Waals surface area (Å²) >= 11 is 0. The zero-order valence-corrected chi connectivity index (χ0v) is 10.4. The maximum Gasteiger partial charge on any atom is 0.117 e. The summed E-state index contributed by atoms with van der Waals surface area (Å²) < 4.78 is 5.11. The second-order valence-corrected chi connectivity index (χ2v) is 3.45. The van der Waals surface area contributed by atoms with E-state index < -0.39 is 0 Å². The average molecular weight is 199 g/mol. The quantitative estimate of drug-likeness (QED) is 0.748. The Morgan fingerprint density at radius 1 is 1.21 bits per heavy atom. The molecule has 2 N–H and O–H groups in total. The van der Waals surface area contributed by atoms with Crippen LogP contribution in [-0.4, -0.2) is 0 Å². The van der Waals surface area contributed by atoms with Crippen molar-refractivity contribution in [3.8, 4) is 0 Å². The molecule has 2 nitrogen and oxygen atoms in total. The molecule has 1 aromatic heterocycles. The number of aryl methyl sites for hydroxylation is 1. The Morgan fingerprint density at radius 2 is 1.64 bits per heavy atom. The molecule has 0 aromatic carbocycles. The van der Waals surface area contributed by atoms with Crippen LogP contribution >= 0.6 is 0 Å². The van der Waals surface area contributed by atoms with Gasteiger partial charge in [-0.3, -0.25) is 0 Å². The van der Waals surface area contributed by atoms with Crippen molar-refractivity contribution in [3.63, 3.8) is 0 Å². The number of hydrogen-bond donors (Lipinski definition) is 1. The summed E-state index contributed by atoms with van der Waals surface area (Å²) in [4.78, 5) is 0. The lowest BCUT2D eigenvalue weighted by Gasteiger charge is -1.83. The second-order valence-electron chi connectivity index (χ2n) is 3.45. The molecule has 0 amide bonds. The minimum atomic E-state index is 0.494. The molecule has 1 heterocycles. The van der Waals surface area contributed by atoms with Crippen molar-refractivity contribution in [1.29, 1.82) is 0 Å². The monoisotopic (exact) mass is 199 g/mol. The first-order valence-electron chi connectivity index (χ1n) is 5.31. The minimum absolute atomic E-state index is 0.494. The summed E-state index contributed by atoms with van der Waals surface area (Å²) in [5.74, 6) is 2.60. The lowest BCUT2D eigenvalue weighted by atomic mass is 10.3. The van der Waals surface area contributed by atoms with Gasteiger partial charge >= 0.3 is 0 Å². The van der Waals surface area contributed by atoms with Crippen LogP contribution in [0.5, 0.6) is 0 Å². The van der Waals surface area contributed by atoms with Gasteiger partial charge in [-0.2, -0.15) is 0 Å². The summed E-state index contributed by atoms with van der Waals surface area (Å²) in [7, 11) is 0. The van der Waals surface area contributed by atoms with E-state index in [1.165, 1.54) is 0 Å². The predicted octanol–water partition coefficient (Wildman–Crippen LogP) is 3.74.